The molecule has 0 amide bonds. The Bertz CT molecular complexity index is 673. The Morgan fingerprint density at radius 1 is 1.18 bits per heavy atom. The number of aromatic nitrogens is 1. The zero-order valence-electron chi connectivity index (χ0n) is 12.8. The van der Waals surface area contributed by atoms with E-state index in [1.165, 1.54) is 11.8 Å². The fraction of sp³-hybridized carbons (Fsp3) is 0.444. The van der Waals surface area contributed by atoms with Crippen LogP contribution in [0.25, 0.3) is 0 Å². The number of likely N-dealkylation sites (tertiary alicyclic amines) is 1. The summed E-state index contributed by atoms with van der Waals surface area (Å²) in [6.45, 7) is 2.90. The van der Waals surface area contributed by atoms with Gasteiger partial charge >= 0.3 is 0 Å². The first kappa shape index (κ1) is 13.8. The van der Waals surface area contributed by atoms with Gasteiger partial charge in [0.15, 0.2) is 0 Å². The molecule has 0 N–H and O–H groups in total. The van der Waals surface area contributed by atoms with E-state index in [1.807, 2.05) is 0 Å². The second-order valence-corrected chi connectivity index (χ2v) is 6.49. The third-order valence-corrected chi connectivity index (χ3v) is 4.96. The summed E-state index contributed by atoms with van der Waals surface area (Å²) in [5.41, 5.74) is 2.14. The monoisotopic (exact) mass is 300 g/mol. The van der Waals surface area contributed by atoms with Gasteiger partial charge in [-0.15, -0.1) is 0 Å². The van der Waals surface area contributed by atoms with Crippen molar-refractivity contribution in [3.63, 3.8) is 0 Å². The van der Waals surface area contributed by atoms with E-state index in [9.17, 15) is 4.39 Å². The van der Waals surface area contributed by atoms with Crippen LogP contribution in [0.3, 0.4) is 0 Å². The first-order valence-corrected chi connectivity index (χ1v) is 7.99. The van der Waals surface area contributed by atoms with Crippen LogP contribution in [0, 0.1) is 11.7 Å². The number of hydrogen-bond acceptors (Lipinski definition) is 2. The zero-order chi connectivity index (χ0) is 15.1. The standard InChI is InChI=1S/C18H21FN2O/c1-20-9-6-13(7-10-20)18-16-3-2-8-21(16)12-14-11-15(19)4-5-17(14)22-18/h2-5,8,11,13,18H,6-7,9-10,12H2,1H3. The van der Waals surface area contributed by atoms with Gasteiger partial charge < -0.3 is 14.2 Å². The molecule has 4 heteroatoms. The molecule has 1 aromatic carbocycles. The van der Waals surface area contributed by atoms with E-state index in [1.54, 1.807) is 12.1 Å². The molecule has 0 saturated carbocycles. The summed E-state index contributed by atoms with van der Waals surface area (Å²) in [5, 5.41) is 0. The molecule has 1 saturated heterocycles. The highest BCUT2D eigenvalue weighted by Crippen LogP contribution is 2.38. The quantitative estimate of drug-likeness (QED) is 0.802. The Morgan fingerprint density at radius 3 is 2.82 bits per heavy atom. The smallest absolute Gasteiger partial charge is 0.141 e. The molecule has 0 aliphatic carbocycles. The maximum atomic E-state index is 13.6. The summed E-state index contributed by atoms with van der Waals surface area (Å²) < 4.78 is 22.1. The van der Waals surface area contributed by atoms with Gasteiger partial charge in [-0.05, 0) is 63.3 Å². The van der Waals surface area contributed by atoms with Gasteiger partial charge in [0.2, 0.25) is 0 Å². The minimum Gasteiger partial charge on any atom is -0.484 e. The highest BCUT2D eigenvalue weighted by molar-refractivity contribution is 5.37. The van der Waals surface area contributed by atoms with Crippen LogP contribution in [-0.4, -0.2) is 29.6 Å². The van der Waals surface area contributed by atoms with Gasteiger partial charge in [-0.25, -0.2) is 4.39 Å². The molecule has 1 fully saturated rings. The number of piperidine rings is 1. The molecule has 0 radical (unpaired) electrons. The Kier molecular flexibility index (Phi) is 3.41. The number of nitrogens with zero attached hydrogens (tertiary/aromatic N) is 2. The third kappa shape index (κ3) is 2.41. The lowest BCUT2D eigenvalue weighted by Gasteiger charge is -2.34. The van der Waals surface area contributed by atoms with Crippen LogP contribution < -0.4 is 4.74 Å². The molecule has 0 spiro atoms. The van der Waals surface area contributed by atoms with Crippen molar-refractivity contribution in [3.8, 4) is 5.75 Å². The van der Waals surface area contributed by atoms with E-state index in [2.05, 4.69) is 34.8 Å². The van der Waals surface area contributed by atoms with E-state index in [4.69, 9.17) is 4.74 Å². The van der Waals surface area contributed by atoms with E-state index >= 15 is 0 Å². The van der Waals surface area contributed by atoms with Crippen molar-refractivity contribution in [3.05, 3.63) is 53.6 Å². The van der Waals surface area contributed by atoms with Crippen molar-refractivity contribution in [1.29, 1.82) is 0 Å². The van der Waals surface area contributed by atoms with Crippen molar-refractivity contribution in [1.82, 2.24) is 9.47 Å². The molecule has 3 heterocycles. The van der Waals surface area contributed by atoms with E-state index in [0.717, 1.165) is 37.2 Å². The van der Waals surface area contributed by atoms with Gasteiger partial charge in [-0.1, -0.05) is 0 Å². The van der Waals surface area contributed by atoms with Crippen molar-refractivity contribution in [2.24, 2.45) is 5.92 Å². The fourth-order valence-corrected chi connectivity index (χ4v) is 3.67. The van der Waals surface area contributed by atoms with Gasteiger partial charge in [0.1, 0.15) is 17.7 Å². The topological polar surface area (TPSA) is 17.4 Å². The van der Waals surface area contributed by atoms with Gasteiger partial charge in [-0.3, -0.25) is 0 Å². The number of halogens is 1. The number of ether oxygens (including phenoxy) is 1. The molecule has 1 unspecified atom stereocenters. The number of benzene rings is 1. The summed E-state index contributed by atoms with van der Waals surface area (Å²) in [5.74, 6) is 1.14. The van der Waals surface area contributed by atoms with Crippen LogP contribution in [-0.2, 0) is 6.54 Å². The normalized spacial score (nSPS) is 22.5. The first-order valence-electron chi connectivity index (χ1n) is 7.99. The van der Waals surface area contributed by atoms with Gasteiger partial charge in [-0.2, -0.15) is 0 Å². The van der Waals surface area contributed by atoms with Crippen LogP contribution in [0.4, 0.5) is 4.39 Å². The largest absolute Gasteiger partial charge is 0.484 e. The second-order valence-electron chi connectivity index (χ2n) is 6.49. The Hall–Kier alpha value is -1.81. The van der Waals surface area contributed by atoms with Crippen molar-refractivity contribution in [2.45, 2.75) is 25.5 Å². The average molecular weight is 300 g/mol. The minimum atomic E-state index is -0.200. The Labute approximate surface area is 130 Å². The molecule has 2 aromatic rings. The summed E-state index contributed by atoms with van der Waals surface area (Å²) in [6, 6.07) is 9.07. The molecule has 1 aromatic heterocycles. The zero-order valence-corrected chi connectivity index (χ0v) is 12.8. The van der Waals surface area contributed by atoms with Crippen LogP contribution in [0.5, 0.6) is 5.75 Å². The fourth-order valence-electron chi connectivity index (χ4n) is 3.67. The second kappa shape index (κ2) is 5.43. The van der Waals surface area contributed by atoms with Crippen LogP contribution in [0.15, 0.2) is 36.5 Å². The maximum absolute atomic E-state index is 13.6. The lowest BCUT2D eigenvalue weighted by Crippen LogP contribution is -2.34. The lowest BCUT2D eigenvalue weighted by molar-refractivity contribution is 0.0822. The van der Waals surface area contributed by atoms with Crippen LogP contribution >= 0.6 is 0 Å². The van der Waals surface area contributed by atoms with Crippen LogP contribution in [0.1, 0.15) is 30.2 Å². The SMILES string of the molecule is CN1CCC(C2Oc3ccc(F)cc3Cn3cccc32)CC1. The van der Waals surface area contributed by atoms with E-state index in [0.29, 0.717) is 12.5 Å². The molecule has 22 heavy (non-hydrogen) atoms. The van der Waals surface area contributed by atoms with Gasteiger partial charge in [0, 0.05) is 17.7 Å². The highest BCUT2D eigenvalue weighted by atomic mass is 19.1. The van der Waals surface area contributed by atoms with Gasteiger partial charge in [0.25, 0.3) is 0 Å². The summed E-state index contributed by atoms with van der Waals surface area (Å²) >= 11 is 0. The molecule has 2 aliphatic rings. The molecular weight excluding hydrogens is 279 g/mol. The Balaban J connectivity index is 1.71. The van der Waals surface area contributed by atoms with E-state index < -0.39 is 0 Å². The predicted molar refractivity (Wildman–Crippen MR) is 83.5 cm³/mol. The summed E-state index contributed by atoms with van der Waals surface area (Å²) in [7, 11) is 2.17. The maximum Gasteiger partial charge on any atom is 0.141 e. The molecule has 0 bridgehead atoms. The third-order valence-electron chi connectivity index (χ3n) is 4.96. The molecule has 2 aliphatic heterocycles. The lowest BCUT2D eigenvalue weighted by atomic mass is 9.89. The number of hydrogen-bond donors (Lipinski definition) is 0. The van der Waals surface area contributed by atoms with Crippen molar-refractivity contribution in [2.75, 3.05) is 20.1 Å². The van der Waals surface area contributed by atoms with Crippen molar-refractivity contribution >= 4 is 0 Å². The van der Waals surface area contributed by atoms with Gasteiger partial charge in [0.05, 0.1) is 12.2 Å². The summed E-state index contributed by atoms with van der Waals surface area (Å²) in [4.78, 5) is 2.37. The highest BCUT2D eigenvalue weighted by Gasteiger charge is 2.32. The summed E-state index contributed by atoms with van der Waals surface area (Å²) in [6.07, 6.45) is 4.42. The van der Waals surface area contributed by atoms with Crippen molar-refractivity contribution < 1.29 is 9.13 Å². The Morgan fingerprint density at radius 2 is 2.00 bits per heavy atom. The molecular formula is C18H21FN2O. The average Bonchev–Trinajstić information content (AvgIpc) is 2.90. The predicted octanol–water partition coefficient (Wildman–Crippen LogP) is 3.45. The van der Waals surface area contributed by atoms with E-state index in [-0.39, 0.29) is 11.9 Å². The number of rotatable bonds is 1. The number of fused-ring (bicyclic) bond motifs is 2. The molecule has 1 atom stereocenters. The molecule has 3 nitrogen and oxygen atoms in total. The van der Waals surface area contributed by atoms with Crippen LogP contribution in [0.2, 0.25) is 0 Å². The molecule has 4 rings (SSSR count). The molecule has 116 valence electrons. The first-order chi connectivity index (χ1) is 10.7. The minimum absolute atomic E-state index is 0.0652.